The van der Waals surface area contributed by atoms with Crippen molar-refractivity contribution in [2.24, 2.45) is 17.6 Å². The van der Waals surface area contributed by atoms with Crippen molar-refractivity contribution < 1.29 is 0 Å². The Morgan fingerprint density at radius 2 is 2.20 bits per heavy atom. The first-order valence-corrected chi connectivity index (χ1v) is 6.11. The van der Waals surface area contributed by atoms with Crippen LogP contribution in [-0.4, -0.2) is 29.9 Å². The van der Waals surface area contributed by atoms with Crippen molar-refractivity contribution in [3.8, 4) is 0 Å². The maximum Gasteiger partial charge on any atom is 0.0921 e. The Morgan fingerprint density at radius 3 is 2.60 bits per heavy atom. The number of amidine groups is 1. The largest absolute Gasteiger partial charge is 0.388 e. The monoisotopic (exact) mass is 211 g/mol. The molecule has 1 heterocycles. The predicted octanol–water partition coefficient (Wildman–Crippen LogP) is 2.07. The van der Waals surface area contributed by atoms with Crippen molar-refractivity contribution in [3.63, 3.8) is 0 Å². The fourth-order valence-electron chi connectivity index (χ4n) is 2.48. The lowest BCUT2D eigenvalue weighted by molar-refractivity contribution is 0.224. The van der Waals surface area contributed by atoms with Gasteiger partial charge in [0.2, 0.25) is 0 Å². The normalized spacial score (nSPS) is 24.7. The second-order valence-electron chi connectivity index (χ2n) is 5.08. The molecule has 2 atom stereocenters. The van der Waals surface area contributed by atoms with Gasteiger partial charge in [-0.2, -0.15) is 0 Å². The summed E-state index contributed by atoms with van der Waals surface area (Å²) >= 11 is 0. The number of nitrogens with one attached hydrogen (secondary N) is 1. The molecule has 1 fully saturated rings. The van der Waals surface area contributed by atoms with E-state index in [9.17, 15) is 0 Å². The average Bonchev–Trinajstić information content (AvgIpc) is 2.62. The van der Waals surface area contributed by atoms with Gasteiger partial charge >= 0.3 is 0 Å². The first-order chi connectivity index (χ1) is 7.04. The third kappa shape index (κ3) is 3.49. The summed E-state index contributed by atoms with van der Waals surface area (Å²) in [7, 11) is 0. The number of hydrogen-bond acceptors (Lipinski definition) is 2. The molecule has 3 heteroatoms. The zero-order valence-corrected chi connectivity index (χ0v) is 10.3. The van der Waals surface area contributed by atoms with Crippen LogP contribution in [0.15, 0.2) is 0 Å². The van der Waals surface area contributed by atoms with Gasteiger partial charge in [-0.3, -0.25) is 10.3 Å². The molecule has 15 heavy (non-hydrogen) atoms. The first-order valence-electron chi connectivity index (χ1n) is 6.11. The van der Waals surface area contributed by atoms with Crippen molar-refractivity contribution in [1.29, 1.82) is 5.41 Å². The molecule has 1 aliphatic heterocycles. The van der Waals surface area contributed by atoms with Crippen LogP contribution >= 0.6 is 0 Å². The molecule has 0 saturated carbocycles. The molecule has 2 unspecified atom stereocenters. The number of nitrogens with zero attached hydrogens (tertiary/aromatic N) is 1. The van der Waals surface area contributed by atoms with Gasteiger partial charge in [0, 0.05) is 19.0 Å². The van der Waals surface area contributed by atoms with Gasteiger partial charge in [-0.05, 0) is 31.2 Å². The summed E-state index contributed by atoms with van der Waals surface area (Å²) in [5.41, 5.74) is 5.49. The zero-order chi connectivity index (χ0) is 11.4. The summed E-state index contributed by atoms with van der Waals surface area (Å²) in [5.74, 6) is 1.95. The molecule has 1 saturated heterocycles. The fraction of sp³-hybridized carbons (Fsp3) is 0.917. The molecular formula is C12H25N3. The van der Waals surface area contributed by atoms with Gasteiger partial charge in [-0.15, -0.1) is 0 Å². The van der Waals surface area contributed by atoms with Gasteiger partial charge in [0.25, 0.3) is 0 Å². The van der Waals surface area contributed by atoms with Crippen LogP contribution in [-0.2, 0) is 0 Å². The highest BCUT2D eigenvalue weighted by atomic mass is 15.2. The van der Waals surface area contributed by atoms with Gasteiger partial charge < -0.3 is 5.73 Å². The maximum atomic E-state index is 7.38. The number of rotatable bonds is 5. The van der Waals surface area contributed by atoms with Crippen molar-refractivity contribution in [2.75, 3.05) is 13.1 Å². The second-order valence-corrected chi connectivity index (χ2v) is 5.08. The third-order valence-electron chi connectivity index (χ3n) is 3.64. The summed E-state index contributed by atoms with van der Waals surface area (Å²) < 4.78 is 0. The van der Waals surface area contributed by atoms with Gasteiger partial charge in [-0.25, -0.2) is 0 Å². The van der Waals surface area contributed by atoms with Gasteiger partial charge in [-0.1, -0.05) is 20.8 Å². The number of likely N-dealkylation sites (tertiary alicyclic amines) is 1. The molecule has 0 bridgehead atoms. The maximum absolute atomic E-state index is 7.38. The van der Waals surface area contributed by atoms with Crippen LogP contribution in [0.1, 0.15) is 40.0 Å². The Kier molecular flexibility index (Phi) is 4.58. The number of hydrogen-bond donors (Lipinski definition) is 2. The van der Waals surface area contributed by atoms with Gasteiger partial charge in [0.15, 0.2) is 0 Å². The Balaban J connectivity index is 2.46. The Morgan fingerprint density at radius 1 is 1.53 bits per heavy atom. The van der Waals surface area contributed by atoms with Crippen molar-refractivity contribution in [1.82, 2.24) is 4.90 Å². The van der Waals surface area contributed by atoms with Gasteiger partial charge in [0.05, 0.1) is 5.84 Å². The van der Waals surface area contributed by atoms with E-state index in [2.05, 4.69) is 25.7 Å². The molecule has 3 N–H and O–H groups in total. The summed E-state index contributed by atoms with van der Waals surface area (Å²) in [6.07, 6.45) is 3.15. The molecule has 0 aromatic carbocycles. The van der Waals surface area contributed by atoms with E-state index in [0.29, 0.717) is 11.9 Å². The van der Waals surface area contributed by atoms with E-state index >= 15 is 0 Å². The molecule has 88 valence electrons. The van der Waals surface area contributed by atoms with E-state index in [-0.39, 0.29) is 0 Å². The lowest BCUT2D eigenvalue weighted by Crippen LogP contribution is -2.36. The highest BCUT2D eigenvalue weighted by molar-refractivity contribution is 5.77. The summed E-state index contributed by atoms with van der Waals surface area (Å²) in [6, 6.07) is 0.492. The lowest BCUT2D eigenvalue weighted by atomic mass is 9.95. The van der Waals surface area contributed by atoms with Crippen LogP contribution in [0.2, 0.25) is 0 Å². The quantitative estimate of drug-likeness (QED) is 0.540. The Bertz CT molecular complexity index is 213. The molecule has 1 aliphatic rings. The first kappa shape index (κ1) is 12.5. The number of nitrogens with two attached hydrogens (primary N) is 1. The van der Waals surface area contributed by atoms with E-state index in [4.69, 9.17) is 11.1 Å². The van der Waals surface area contributed by atoms with Crippen LogP contribution < -0.4 is 5.73 Å². The third-order valence-corrected chi connectivity index (χ3v) is 3.64. The zero-order valence-electron chi connectivity index (χ0n) is 10.3. The Labute approximate surface area is 93.5 Å². The smallest absolute Gasteiger partial charge is 0.0921 e. The minimum atomic E-state index is 0.329. The van der Waals surface area contributed by atoms with E-state index in [1.54, 1.807) is 0 Å². The summed E-state index contributed by atoms with van der Waals surface area (Å²) in [5, 5.41) is 7.38. The van der Waals surface area contributed by atoms with Crippen LogP contribution in [0.5, 0.6) is 0 Å². The molecule has 0 aliphatic carbocycles. The van der Waals surface area contributed by atoms with Crippen LogP contribution in [0.25, 0.3) is 0 Å². The van der Waals surface area contributed by atoms with Crippen LogP contribution in [0.4, 0.5) is 0 Å². The standard InChI is InChI=1S/C12H25N3/c1-4-11(7-12(13)14)15-6-5-10(8-15)9(2)3/h9-11H,4-8H2,1-3H3,(H3,13,14). The SMILES string of the molecule is CCC(CC(=N)N)N1CCC(C(C)C)C1. The van der Waals surface area contributed by atoms with Crippen molar-refractivity contribution >= 4 is 5.84 Å². The predicted molar refractivity (Wildman–Crippen MR) is 65.1 cm³/mol. The highest BCUT2D eigenvalue weighted by Gasteiger charge is 2.28. The van der Waals surface area contributed by atoms with Crippen molar-refractivity contribution in [2.45, 2.75) is 46.1 Å². The van der Waals surface area contributed by atoms with Crippen LogP contribution in [0, 0.1) is 17.2 Å². The Hall–Kier alpha value is -0.570. The second kappa shape index (κ2) is 5.50. The van der Waals surface area contributed by atoms with Crippen LogP contribution in [0.3, 0.4) is 0 Å². The average molecular weight is 211 g/mol. The molecule has 0 aromatic rings. The topological polar surface area (TPSA) is 53.1 Å². The highest BCUT2D eigenvalue weighted by Crippen LogP contribution is 2.26. The van der Waals surface area contributed by atoms with Gasteiger partial charge in [0.1, 0.15) is 0 Å². The molecule has 0 radical (unpaired) electrons. The molecule has 0 aromatic heterocycles. The summed E-state index contributed by atoms with van der Waals surface area (Å²) in [6.45, 7) is 9.19. The van der Waals surface area contributed by atoms with Crippen molar-refractivity contribution in [3.05, 3.63) is 0 Å². The minimum Gasteiger partial charge on any atom is -0.388 e. The lowest BCUT2D eigenvalue weighted by Gasteiger charge is -2.27. The molecule has 3 nitrogen and oxygen atoms in total. The molecular weight excluding hydrogens is 186 g/mol. The van der Waals surface area contributed by atoms with E-state index in [1.165, 1.54) is 19.5 Å². The fourth-order valence-corrected chi connectivity index (χ4v) is 2.48. The summed E-state index contributed by atoms with van der Waals surface area (Å²) in [4.78, 5) is 2.52. The molecule has 1 rings (SSSR count). The van der Waals surface area contributed by atoms with E-state index in [0.717, 1.165) is 24.7 Å². The minimum absolute atomic E-state index is 0.329. The molecule has 0 amide bonds. The molecule has 0 spiro atoms. The van der Waals surface area contributed by atoms with E-state index < -0.39 is 0 Å². The van der Waals surface area contributed by atoms with E-state index in [1.807, 2.05) is 0 Å².